The number of carbonyl (C=O) groups excluding carboxylic acids is 1. The molecule has 1 aromatic carbocycles. The summed E-state index contributed by atoms with van der Waals surface area (Å²) < 4.78 is 7.41. The zero-order valence-electron chi connectivity index (χ0n) is 13.2. The Morgan fingerprint density at radius 3 is 2.96 bits per heavy atom. The number of nitrogens with one attached hydrogen (secondary N) is 1. The maximum atomic E-state index is 12.3. The fourth-order valence-electron chi connectivity index (χ4n) is 2.27. The second kappa shape index (κ2) is 7.18. The summed E-state index contributed by atoms with van der Waals surface area (Å²) in [6, 6.07) is 6.41. The van der Waals surface area contributed by atoms with Crippen molar-refractivity contribution in [1.29, 1.82) is 0 Å². The highest BCUT2D eigenvalue weighted by molar-refractivity contribution is 8.01. The predicted octanol–water partition coefficient (Wildman–Crippen LogP) is 2.22. The van der Waals surface area contributed by atoms with E-state index >= 15 is 0 Å². The van der Waals surface area contributed by atoms with Crippen LogP contribution in [0.3, 0.4) is 0 Å². The van der Waals surface area contributed by atoms with Gasteiger partial charge in [-0.1, -0.05) is 35.2 Å². The lowest BCUT2D eigenvalue weighted by Gasteiger charge is -2.12. The number of rotatable bonds is 6. The smallest absolute Gasteiger partial charge is 0.408 e. The van der Waals surface area contributed by atoms with Crippen molar-refractivity contribution >= 4 is 40.1 Å². The number of benzene rings is 1. The highest BCUT2D eigenvalue weighted by atomic mass is 32.2. The summed E-state index contributed by atoms with van der Waals surface area (Å²) in [4.78, 5) is 24.3. The first-order chi connectivity index (χ1) is 11.6. The minimum Gasteiger partial charge on any atom is -0.408 e. The molecule has 2 aromatic heterocycles. The fourth-order valence-corrected chi connectivity index (χ4v) is 4.01. The molecule has 24 heavy (non-hydrogen) atoms. The van der Waals surface area contributed by atoms with Crippen LogP contribution < -0.4 is 11.1 Å². The van der Waals surface area contributed by atoms with Gasteiger partial charge in [0.25, 0.3) is 0 Å². The van der Waals surface area contributed by atoms with Crippen LogP contribution in [0.1, 0.15) is 18.0 Å². The molecule has 0 radical (unpaired) electrons. The van der Waals surface area contributed by atoms with Gasteiger partial charge in [0.2, 0.25) is 5.91 Å². The highest BCUT2D eigenvalue weighted by Gasteiger charge is 2.20. The van der Waals surface area contributed by atoms with E-state index in [2.05, 4.69) is 15.5 Å². The van der Waals surface area contributed by atoms with Gasteiger partial charge in [0.1, 0.15) is 11.0 Å². The number of amides is 1. The Labute approximate surface area is 146 Å². The van der Waals surface area contributed by atoms with E-state index in [0.29, 0.717) is 23.4 Å². The molecule has 126 valence electrons. The first kappa shape index (κ1) is 16.7. The van der Waals surface area contributed by atoms with Crippen LogP contribution in [-0.4, -0.2) is 33.0 Å². The van der Waals surface area contributed by atoms with E-state index in [1.54, 1.807) is 43.0 Å². The Kier molecular flexibility index (Phi) is 5.00. The zero-order chi connectivity index (χ0) is 17.1. The molecule has 3 rings (SSSR count). The van der Waals surface area contributed by atoms with Crippen LogP contribution in [0.2, 0.25) is 0 Å². The molecule has 0 saturated heterocycles. The number of hydrogen-bond acceptors (Lipinski definition) is 7. The number of para-hydroxylation sites is 2. The molecule has 1 amide bonds. The predicted molar refractivity (Wildman–Crippen MR) is 93.6 cm³/mol. The third-order valence-electron chi connectivity index (χ3n) is 3.42. The molecule has 1 N–H and O–H groups in total. The number of aromatic nitrogens is 3. The fraction of sp³-hybridized carbons (Fsp3) is 0.333. The van der Waals surface area contributed by atoms with E-state index in [0.717, 1.165) is 9.35 Å². The van der Waals surface area contributed by atoms with Crippen molar-refractivity contribution in [1.82, 2.24) is 20.1 Å². The zero-order valence-corrected chi connectivity index (χ0v) is 14.8. The number of hydrogen-bond donors (Lipinski definition) is 1. The molecule has 0 bridgehead atoms. The van der Waals surface area contributed by atoms with Crippen molar-refractivity contribution < 1.29 is 9.21 Å². The first-order valence-corrected chi connectivity index (χ1v) is 9.17. The lowest BCUT2D eigenvalue weighted by atomic mass is 10.2. The molecule has 0 spiro atoms. The molecule has 2 heterocycles. The van der Waals surface area contributed by atoms with Crippen molar-refractivity contribution in [3.8, 4) is 0 Å². The van der Waals surface area contributed by atoms with E-state index in [9.17, 15) is 9.59 Å². The van der Waals surface area contributed by atoms with Gasteiger partial charge in [-0.15, -0.1) is 10.2 Å². The van der Waals surface area contributed by atoms with E-state index in [1.165, 1.54) is 15.9 Å². The average Bonchev–Trinajstić information content (AvgIpc) is 3.12. The number of fused-ring (bicyclic) bond motifs is 1. The number of nitrogens with zero attached hydrogens (tertiary/aromatic N) is 3. The third kappa shape index (κ3) is 3.51. The van der Waals surface area contributed by atoms with E-state index < -0.39 is 11.8 Å². The normalized spacial score (nSPS) is 12.4. The van der Waals surface area contributed by atoms with Crippen LogP contribution in [0.5, 0.6) is 0 Å². The Morgan fingerprint density at radius 2 is 2.21 bits per heavy atom. The van der Waals surface area contributed by atoms with Crippen molar-refractivity contribution in [2.24, 2.45) is 0 Å². The van der Waals surface area contributed by atoms with Crippen LogP contribution in [0.25, 0.3) is 11.1 Å². The molecule has 0 aliphatic heterocycles. The summed E-state index contributed by atoms with van der Waals surface area (Å²) in [5.74, 6) is -0.0658. The van der Waals surface area contributed by atoms with Crippen LogP contribution in [0, 0.1) is 6.92 Å². The summed E-state index contributed by atoms with van der Waals surface area (Å²) in [5.41, 5.74) is 1.09. The van der Waals surface area contributed by atoms with Gasteiger partial charge < -0.3 is 9.73 Å². The quantitative estimate of drug-likeness (QED) is 0.533. The summed E-state index contributed by atoms with van der Waals surface area (Å²) >= 11 is 3.07. The highest BCUT2D eigenvalue weighted by Crippen LogP contribution is 2.21. The number of carbonyl (C=O) groups is 1. The lowest BCUT2D eigenvalue weighted by molar-refractivity contribution is -0.123. The Bertz CT molecular complexity index is 915. The summed E-state index contributed by atoms with van der Waals surface area (Å²) in [7, 11) is 0. The number of aryl methyl sites for hydroxylation is 1. The monoisotopic (exact) mass is 364 g/mol. The van der Waals surface area contributed by atoms with Gasteiger partial charge in [-0.05, 0) is 26.0 Å². The Hall–Kier alpha value is -2.13. The van der Waals surface area contributed by atoms with Gasteiger partial charge in [-0.3, -0.25) is 9.36 Å². The molecule has 0 aliphatic carbocycles. The van der Waals surface area contributed by atoms with Crippen LogP contribution in [0.15, 0.2) is 37.8 Å². The average molecular weight is 364 g/mol. The van der Waals surface area contributed by atoms with Crippen molar-refractivity contribution in [3.63, 3.8) is 0 Å². The second-order valence-electron chi connectivity index (χ2n) is 5.11. The van der Waals surface area contributed by atoms with Gasteiger partial charge in [-0.25, -0.2) is 4.79 Å². The Balaban J connectivity index is 1.60. The molecule has 0 saturated carbocycles. The molecular formula is C15H16N4O3S2. The molecular weight excluding hydrogens is 348 g/mol. The van der Waals surface area contributed by atoms with Gasteiger partial charge >= 0.3 is 5.76 Å². The van der Waals surface area contributed by atoms with Crippen molar-refractivity contribution in [3.05, 3.63) is 39.8 Å². The maximum absolute atomic E-state index is 12.3. The van der Waals surface area contributed by atoms with Crippen LogP contribution >= 0.6 is 23.1 Å². The minimum atomic E-state index is -0.644. The topological polar surface area (TPSA) is 90.0 Å². The number of thioether (sulfide) groups is 1. The molecule has 9 heteroatoms. The number of oxazole rings is 1. The SMILES string of the molecule is Cc1nnc(SCCNC(=O)[C@H](C)n2c(=O)oc3ccccc32)s1. The first-order valence-electron chi connectivity index (χ1n) is 7.37. The van der Waals surface area contributed by atoms with Gasteiger partial charge in [-0.2, -0.15) is 0 Å². The summed E-state index contributed by atoms with van der Waals surface area (Å²) in [5, 5.41) is 11.7. The lowest BCUT2D eigenvalue weighted by Crippen LogP contribution is -2.35. The van der Waals surface area contributed by atoms with Crippen LogP contribution in [0.4, 0.5) is 0 Å². The molecule has 0 unspecified atom stereocenters. The largest absolute Gasteiger partial charge is 0.420 e. The summed E-state index contributed by atoms with van der Waals surface area (Å²) in [6.45, 7) is 4.06. The van der Waals surface area contributed by atoms with Crippen molar-refractivity contribution in [2.75, 3.05) is 12.3 Å². The minimum absolute atomic E-state index is 0.224. The van der Waals surface area contributed by atoms with Crippen LogP contribution in [-0.2, 0) is 4.79 Å². The standard InChI is InChI=1S/C15H16N4O3S2/c1-9(19-11-5-3-4-6-12(11)22-15(19)21)13(20)16-7-8-23-14-18-17-10(2)24-14/h3-6,9H,7-8H2,1-2H3,(H,16,20)/t9-/m0/s1. The van der Waals surface area contributed by atoms with Gasteiger partial charge in [0.15, 0.2) is 9.92 Å². The molecule has 3 aromatic rings. The second-order valence-corrected chi connectivity index (χ2v) is 7.63. The maximum Gasteiger partial charge on any atom is 0.420 e. The Morgan fingerprint density at radius 1 is 1.42 bits per heavy atom. The van der Waals surface area contributed by atoms with E-state index in [4.69, 9.17) is 4.42 Å². The van der Waals surface area contributed by atoms with E-state index in [-0.39, 0.29) is 5.91 Å². The summed E-state index contributed by atoms with van der Waals surface area (Å²) in [6.07, 6.45) is 0. The van der Waals surface area contributed by atoms with Gasteiger partial charge in [0.05, 0.1) is 5.52 Å². The van der Waals surface area contributed by atoms with E-state index in [1.807, 2.05) is 6.92 Å². The third-order valence-corrected chi connectivity index (χ3v) is 5.39. The molecule has 1 atom stereocenters. The molecule has 0 fully saturated rings. The molecule has 7 nitrogen and oxygen atoms in total. The van der Waals surface area contributed by atoms with Gasteiger partial charge in [0, 0.05) is 12.3 Å². The van der Waals surface area contributed by atoms with Crippen molar-refractivity contribution in [2.45, 2.75) is 24.2 Å². The molecule has 0 aliphatic rings.